The van der Waals surface area contributed by atoms with Gasteiger partial charge in [0.2, 0.25) is 0 Å². The van der Waals surface area contributed by atoms with E-state index in [1.54, 1.807) is 40.0 Å². The number of hydrogen-bond donors (Lipinski definition) is 0. The van der Waals surface area contributed by atoms with Crippen LogP contribution in [-0.4, -0.2) is 72.9 Å². The van der Waals surface area contributed by atoms with Gasteiger partial charge in [0, 0.05) is 39.9 Å². The highest BCUT2D eigenvalue weighted by Crippen LogP contribution is 2.31. The zero-order valence-corrected chi connectivity index (χ0v) is 21.1. The first kappa shape index (κ1) is 36.5. The zero-order chi connectivity index (χ0) is 21.1. The molecule has 1 aliphatic rings. The summed E-state index contributed by atoms with van der Waals surface area (Å²) in [6.45, 7) is 8.80. The van der Waals surface area contributed by atoms with Gasteiger partial charge in [-0.3, -0.25) is 0 Å². The molecule has 1 aliphatic carbocycles. The predicted octanol–water partition coefficient (Wildman–Crippen LogP) is 5.12. The van der Waals surface area contributed by atoms with E-state index in [2.05, 4.69) is 29.6 Å². The first-order chi connectivity index (χ1) is 11.6. The first-order valence-corrected chi connectivity index (χ1v) is 13.7. The molecule has 0 unspecified atom stereocenters. The van der Waals surface area contributed by atoms with Crippen molar-refractivity contribution < 1.29 is 17.9 Å². The van der Waals surface area contributed by atoms with E-state index in [0.29, 0.717) is 0 Å². The SMILES string of the molecule is CCC1CC1.CCOC.CCS(C)(=O)=O.CCSC.COC.CSC. The minimum atomic E-state index is -2.66. The Balaban J connectivity index is -0.0000000654. The van der Waals surface area contributed by atoms with Crippen molar-refractivity contribution in [3.63, 3.8) is 0 Å². The summed E-state index contributed by atoms with van der Waals surface area (Å²) >= 11 is 3.61. The van der Waals surface area contributed by atoms with Gasteiger partial charge in [-0.1, -0.05) is 40.0 Å². The van der Waals surface area contributed by atoms with Crippen molar-refractivity contribution in [1.82, 2.24) is 0 Å². The van der Waals surface area contributed by atoms with Gasteiger partial charge in [-0.15, -0.1) is 0 Å². The quantitative estimate of drug-likeness (QED) is 0.626. The predicted molar refractivity (Wildman–Crippen MR) is 122 cm³/mol. The van der Waals surface area contributed by atoms with E-state index in [-0.39, 0.29) is 5.75 Å². The van der Waals surface area contributed by atoms with E-state index in [1.807, 2.05) is 31.2 Å². The molecule has 1 saturated carbocycles. The molecule has 25 heavy (non-hydrogen) atoms. The largest absolute Gasteiger partial charge is 0.388 e. The Hall–Kier alpha value is 0.570. The van der Waals surface area contributed by atoms with Gasteiger partial charge < -0.3 is 9.47 Å². The summed E-state index contributed by atoms with van der Waals surface area (Å²) in [7, 11) is 2.27. The van der Waals surface area contributed by atoms with Gasteiger partial charge in [-0.05, 0) is 37.4 Å². The second-order valence-electron chi connectivity index (χ2n) is 5.04. The maximum atomic E-state index is 10.0. The number of hydrogen-bond acceptors (Lipinski definition) is 6. The van der Waals surface area contributed by atoms with Gasteiger partial charge in [0.15, 0.2) is 0 Å². The van der Waals surface area contributed by atoms with Crippen molar-refractivity contribution in [2.45, 2.75) is 47.0 Å². The Bertz CT molecular complexity index is 257. The van der Waals surface area contributed by atoms with Gasteiger partial charge in [0.05, 0.1) is 0 Å². The smallest absolute Gasteiger partial charge is 0.147 e. The van der Waals surface area contributed by atoms with Crippen LogP contribution in [0.15, 0.2) is 0 Å². The fourth-order valence-electron chi connectivity index (χ4n) is 0.526. The monoisotopic (exact) mass is 422 g/mol. The number of ether oxygens (including phenoxy) is 2. The first-order valence-electron chi connectivity index (χ1n) is 8.61. The molecule has 1 rings (SSSR count). The van der Waals surface area contributed by atoms with Gasteiger partial charge in [0.1, 0.15) is 9.84 Å². The maximum Gasteiger partial charge on any atom is 0.147 e. The molecule has 160 valence electrons. The molecule has 0 saturated heterocycles. The normalized spacial score (nSPS) is 11.3. The summed E-state index contributed by atoms with van der Waals surface area (Å²) in [5, 5.41) is 0. The Morgan fingerprint density at radius 2 is 1.20 bits per heavy atom. The van der Waals surface area contributed by atoms with E-state index >= 15 is 0 Å². The molecular formula is C18H46O4S3. The van der Waals surface area contributed by atoms with Crippen LogP contribution in [0, 0.1) is 5.92 Å². The third-order valence-electron chi connectivity index (χ3n) is 2.38. The zero-order valence-electron chi connectivity index (χ0n) is 18.7. The van der Waals surface area contributed by atoms with E-state index in [9.17, 15) is 8.42 Å². The van der Waals surface area contributed by atoms with E-state index in [0.717, 1.165) is 12.5 Å². The van der Waals surface area contributed by atoms with Gasteiger partial charge in [-0.25, -0.2) is 8.42 Å². The molecule has 0 heterocycles. The van der Waals surface area contributed by atoms with Crippen molar-refractivity contribution in [1.29, 1.82) is 0 Å². The van der Waals surface area contributed by atoms with E-state index in [4.69, 9.17) is 0 Å². The van der Waals surface area contributed by atoms with Crippen LogP contribution in [0.2, 0.25) is 0 Å². The summed E-state index contributed by atoms with van der Waals surface area (Å²) in [5.74, 6) is 2.61. The molecule has 0 N–H and O–H groups in total. The fraction of sp³-hybridized carbons (Fsp3) is 1.00. The van der Waals surface area contributed by atoms with Crippen molar-refractivity contribution in [3.05, 3.63) is 0 Å². The third kappa shape index (κ3) is 112. The van der Waals surface area contributed by atoms with Crippen LogP contribution in [0.4, 0.5) is 0 Å². The maximum absolute atomic E-state index is 10.0. The Morgan fingerprint density at radius 1 is 0.960 bits per heavy atom. The average molecular weight is 423 g/mol. The summed E-state index contributed by atoms with van der Waals surface area (Å²) < 4.78 is 28.8. The molecule has 4 nitrogen and oxygen atoms in total. The van der Waals surface area contributed by atoms with Crippen LogP contribution in [-0.2, 0) is 19.3 Å². The highest BCUT2D eigenvalue weighted by Gasteiger charge is 2.17. The Morgan fingerprint density at radius 3 is 1.20 bits per heavy atom. The lowest BCUT2D eigenvalue weighted by atomic mass is 10.3. The molecule has 0 bridgehead atoms. The highest BCUT2D eigenvalue weighted by molar-refractivity contribution is 7.98. The molecule has 0 aromatic heterocycles. The molecule has 0 amide bonds. The van der Waals surface area contributed by atoms with Crippen molar-refractivity contribution in [3.8, 4) is 0 Å². The minimum absolute atomic E-state index is 0.243. The molecule has 0 radical (unpaired) electrons. The molecular weight excluding hydrogens is 376 g/mol. The highest BCUT2D eigenvalue weighted by atomic mass is 32.2. The van der Waals surface area contributed by atoms with Gasteiger partial charge >= 0.3 is 0 Å². The summed E-state index contributed by atoms with van der Waals surface area (Å²) in [4.78, 5) is 0. The van der Waals surface area contributed by atoms with E-state index in [1.165, 1.54) is 31.3 Å². The van der Waals surface area contributed by atoms with Crippen molar-refractivity contribution in [2.75, 3.05) is 64.5 Å². The van der Waals surface area contributed by atoms with Crippen molar-refractivity contribution >= 4 is 33.4 Å². The van der Waals surface area contributed by atoms with Crippen LogP contribution in [0.25, 0.3) is 0 Å². The molecule has 0 aromatic carbocycles. The molecule has 0 aliphatic heterocycles. The van der Waals surface area contributed by atoms with Crippen LogP contribution in [0.1, 0.15) is 47.0 Å². The number of methoxy groups -OCH3 is 2. The molecule has 0 spiro atoms. The molecule has 0 atom stereocenters. The molecule has 1 fully saturated rings. The van der Waals surface area contributed by atoms with Crippen molar-refractivity contribution in [2.24, 2.45) is 5.92 Å². The van der Waals surface area contributed by atoms with Crippen LogP contribution in [0.3, 0.4) is 0 Å². The Labute approximate surface area is 168 Å². The molecule has 0 aromatic rings. The standard InChI is InChI=1S/C5H10.C3H8O2S.C3H8O.C3H8S.C2H6O.C2H6S/c1-2-5-3-4-5;1-3-6(2,4)5;2*1-3-4-2;2*1-3-2/h5H,2-4H2,1H3;3H2,1-2H3;2*3H2,1-2H3;2*1-2H3. The van der Waals surface area contributed by atoms with Gasteiger partial charge in [-0.2, -0.15) is 23.5 Å². The summed E-state index contributed by atoms with van der Waals surface area (Å²) in [5.41, 5.74) is 0. The van der Waals surface area contributed by atoms with Crippen LogP contribution in [0.5, 0.6) is 0 Å². The average Bonchev–Trinajstić information content (AvgIpc) is 3.41. The summed E-state index contributed by atoms with van der Waals surface area (Å²) in [6, 6.07) is 0. The number of rotatable bonds is 4. The summed E-state index contributed by atoms with van der Waals surface area (Å²) in [6.07, 6.45) is 11.8. The topological polar surface area (TPSA) is 52.6 Å². The second-order valence-corrected chi connectivity index (χ2v) is 9.44. The number of sulfone groups is 1. The number of thioether (sulfide) groups is 2. The van der Waals surface area contributed by atoms with Crippen LogP contribution < -0.4 is 0 Å². The minimum Gasteiger partial charge on any atom is -0.388 e. The van der Waals surface area contributed by atoms with E-state index < -0.39 is 9.84 Å². The Kier molecular flexibility index (Phi) is 52.0. The van der Waals surface area contributed by atoms with Gasteiger partial charge in [0.25, 0.3) is 0 Å². The second kappa shape index (κ2) is 35.6. The third-order valence-corrected chi connectivity index (χ3v) is 4.00. The lowest BCUT2D eigenvalue weighted by Gasteiger charge is -1.81. The fourth-order valence-corrected chi connectivity index (χ4v) is 0.526. The molecule has 7 heteroatoms. The lowest BCUT2D eigenvalue weighted by Crippen LogP contribution is -1.96. The van der Waals surface area contributed by atoms with Crippen LogP contribution >= 0.6 is 23.5 Å². The lowest BCUT2D eigenvalue weighted by molar-refractivity contribution is 0.215.